The first-order valence-electron chi connectivity index (χ1n) is 18.2. The first-order valence-corrected chi connectivity index (χ1v) is 18.2. The van der Waals surface area contributed by atoms with Gasteiger partial charge in [-0.3, -0.25) is 19.6 Å². The number of carboxylic acid groups (broad SMARTS) is 1. The van der Waals surface area contributed by atoms with E-state index < -0.39 is 5.97 Å². The molecule has 13 nitrogen and oxygen atoms in total. The summed E-state index contributed by atoms with van der Waals surface area (Å²) in [7, 11) is 0. The number of nitrogens with two attached hydrogens (primary N) is 1. The first-order chi connectivity index (χ1) is 26.1. The van der Waals surface area contributed by atoms with Crippen LogP contribution in [0.3, 0.4) is 0 Å². The Morgan fingerprint density at radius 3 is 2.37 bits per heavy atom. The number of likely N-dealkylation sites (tertiary alicyclic amines) is 2. The molecule has 1 atom stereocenters. The fourth-order valence-corrected chi connectivity index (χ4v) is 7.79. The van der Waals surface area contributed by atoms with Crippen molar-refractivity contribution in [2.24, 2.45) is 5.92 Å². The third-order valence-electron chi connectivity index (χ3n) is 10.7. The quantitative estimate of drug-likeness (QED) is 0.132. The molecule has 2 aliphatic heterocycles. The van der Waals surface area contributed by atoms with Crippen LogP contribution in [0.25, 0.3) is 44.7 Å². The van der Waals surface area contributed by atoms with Gasteiger partial charge in [-0.05, 0) is 110 Å². The molecule has 6 aromatic rings. The molecule has 0 aliphatic carbocycles. The van der Waals surface area contributed by atoms with Gasteiger partial charge in [-0.15, -0.1) is 0 Å². The number of carboxylic acids is 1. The lowest BCUT2D eigenvalue weighted by Crippen LogP contribution is -2.35. The summed E-state index contributed by atoms with van der Waals surface area (Å²) >= 11 is 0. The van der Waals surface area contributed by atoms with Gasteiger partial charge in [-0.1, -0.05) is 24.3 Å². The highest BCUT2D eigenvalue weighted by molar-refractivity contribution is 5.90. The highest BCUT2D eigenvalue weighted by atomic mass is 16.4. The molecular weight excluding hydrogens is 683 g/mol. The van der Waals surface area contributed by atoms with E-state index in [-0.39, 0.29) is 18.0 Å². The number of aromatic nitrogens is 4. The van der Waals surface area contributed by atoms with Crippen molar-refractivity contribution in [3.05, 3.63) is 88.6 Å². The number of aliphatic carboxylic acids is 1. The van der Waals surface area contributed by atoms with Crippen molar-refractivity contribution in [1.82, 2.24) is 29.7 Å². The van der Waals surface area contributed by atoms with Crippen molar-refractivity contribution in [1.29, 1.82) is 5.26 Å². The number of aliphatic hydroxyl groups is 1. The van der Waals surface area contributed by atoms with Gasteiger partial charge in [0.1, 0.15) is 17.1 Å². The van der Waals surface area contributed by atoms with Gasteiger partial charge in [0.05, 0.1) is 23.1 Å². The molecule has 0 amide bonds. The van der Waals surface area contributed by atoms with Crippen LogP contribution in [-0.4, -0.2) is 78.2 Å². The van der Waals surface area contributed by atoms with Gasteiger partial charge in [0.15, 0.2) is 11.4 Å². The highest BCUT2D eigenvalue weighted by Gasteiger charge is 2.26. The topological polar surface area (TPSA) is 191 Å². The Bertz CT molecular complexity index is 2450. The number of fused-ring (bicyclic) bond motifs is 2. The number of nitrogen functional groups attached to an aromatic ring is 1. The van der Waals surface area contributed by atoms with Crippen molar-refractivity contribution in [2.75, 3.05) is 37.2 Å². The summed E-state index contributed by atoms with van der Waals surface area (Å²) in [5.41, 5.74) is 16.5. The number of piperidine rings is 1. The number of nitrogens with zero attached hydrogens (tertiary/aromatic N) is 7. The molecule has 2 fully saturated rings. The summed E-state index contributed by atoms with van der Waals surface area (Å²) < 4.78 is 6.30. The average molecular weight is 724 g/mol. The fourth-order valence-electron chi connectivity index (χ4n) is 7.79. The normalized spacial score (nSPS) is 17.0. The number of rotatable bonds is 9. The van der Waals surface area contributed by atoms with Gasteiger partial charge in [-0.25, -0.2) is 9.97 Å². The van der Waals surface area contributed by atoms with Gasteiger partial charge in [0, 0.05) is 43.6 Å². The van der Waals surface area contributed by atoms with Gasteiger partial charge in [-0.2, -0.15) is 10.2 Å². The molecule has 0 bridgehead atoms. The number of β-amino-alcohol motifs (C(OH)–C–C–N with tert-alkyl or cyclic N) is 1. The summed E-state index contributed by atoms with van der Waals surface area (Å²) in [5, 5.41) is 32.8. The van der Waals surface area contributed by atoms with Crippen LogP contribution in [0.5, 0.6) is 0 Å². The molecule has 3 aromatic carbocycles. The molecule has 0 spiro atoms. The number of oxazole rings is 1. The van der Waals surface area contributed by atoms with E-state index in [1.165, 1.54) is 0 Å². The predicted octanol–water partition coefficient (Wildman–Crippen LogP) is 6.18. The number of aliphatic hydroxyl groups excluding tert-OH is 1. The number of carbonyl (C=O) groups is 1. The van der Waals surface area contributed by atoms with Gasteiger partial charge in [0.25, 0.3) is 0 Å². The molecule has 5 heterocycles. The van der Waals surface area contributed by atoms with E-state index in [2.05, 4.69) is 50.2 Å². The summed E-state index contributed by atoms with van der Waals surface area (Å²) in [4.78, 5) is 34.4. The van der Waals surface area contributed by atoms with E-state index in [4.69, 9.17) is 20.1 Å². The van der Waals surface area contributed by atoms with Crippen LogP contribution < -0.4 is 11.1 Å². The van der Waals surface area contributed by atoms with Crippen LogP contribution in [0.4, 0.5) is 17.5 Å². The maximum atomic E-state index is 11.4. The molecule has 5 N–H and O–H groups in total. The second-order valence-electron chi connectivity index (χ2n) is 14.4. The zero-order valence-corrected chi connectivity index (χ0v) is 30.2. The lowest BCUT2D eigenvalue weighted by molar-refractivity contribution is -0.143. The predicted molar refractivity (Wildman–Crippen MR) is 206 cm³/mol. The van der Waals surface area contributed by atoms with E-state index >= 15 is 0 Å². The van der Waals surface area contributed by atoms with Crippen LogP contribution in [0.15, 0.2) is 65.2 Å². The number of nitriles is 1. The monoisotopic (exact) mass is 723 g/mol. The zero-order valence-electron chi connectivity index (χ0n) is 30.2. The summed E-state index contributed by atoms with van der Waals surface area (Å²) in [6.45, 7) is 8.24. The number of pyridine rings is 1. The zero-order chi connectivity index (χ0) is 37.5. The van der Waals surface area contributed by atoms with Crippen molar-refractivity contribution in [2.45, 2.75) is 52.3 Å². The molecule has 3 aromatic heterocycles. The summed E-state index contributed by atoms with van der Waals surface area (Å²) in [6.07, 6.45) is 3.53. The van der Waals surface area contributed by atoms with Crippen LogP contribution in [-0.2, 0) is 17.9 Å². The Labute approximate surface area is 312 Å². The Morgan fingerprint density at radius 1 is 0.926 bits per heavy atom. The molecule has 274 valence electrons. The minimum Gasteiger partial charge on any atom is -0.481 e. The van der Waals surface area contributed by atoms with Crippen molar-refractivity contribution >= 4 is 45.6 Å². The third kappa shape index (κ3) is 6.94. The fraction of sp³-hybridized carbons (Fsp3) is 0.317. The van der Waals surface area contributed by atoms with Crippen molar-refractivity contribution in [3.63, 3.8) is 0 Å². The smallest absolute Gasteiger partial charge is 0.306 e. The lowest BCUT2D eigenvalue weighted by Gasteiger charge is -2.30. The standard InChI is InChI=1S/C41H41N9O4/c1-23-30(5-3-7-32(23)39-46-35-16-25(15-28(18-42)37(35)54-39)20-49-12-9-27(10-13-49)40(52)53)31-6-4-8-33(24(31)2)45-38-36-34(47-41(43)48-38)17-26(19-44-36)21-50-14-11-29(51)22-50/h3-8,15-17,19,27,29,51H,9-14,20-22H2,1-2H3,(H,52,53)(H3,43,45,47,48). The molecule has 2 aliphatic rings. The molecule has 0 saturated carbocycles. The second kappa shape index (κ2) is 14.5. The second-order valence-corrected chi connectivity index (χ2v) is 14.4. The number of hydrogen-bond acceptors (Lipinski definition) is 12. The van der Waals surface area contributed by atoms with Crippen LogP contribution in [0.2, 0.25) is 0 Å². The minimum absolute atomic E-state index is 0.142. The molecule has 13 heteroatoms. The van der Waals surface area contributed by atoms with Crippen LogP contribution in [0, 0.1) is 31.1 Å². The first kappa shape index (κ1) is 35.1. The van der Waals surface area contributed by atoms with E-state index in [1.807, 2.05) is 55.6 Å². The van der Waals surface area contributed by atoms with Gasteiger partial charge in [0.2, 0.25) is 11.8 Å². The number of nitrogens with one attached hydrogen (secondary N) is 1. The Morgan fingerprint density at radius 2 is 1.63 bits per heavy atom. The maximum Gasteiger partial charge on any atom is 0.306 e. The Balaban J connectivity index is 1.07. The summed E-state index contributed by atoms with van der Waals surface area (Å²) in [6, 6.07) is 20.1. The number of benzene rings is 3. The highest BCUT2D eigenvalue weighted by Crippen LogP contribution is 2.38. The lowest BCUT2D eigenvalue weighted by atomic mass is 9.93. The van der Waals surface area contributed by atoms with Crippen molar-refractivity contribution in [3.8, 4) is 28.7 Å². The maximum absolute atomic E-state index is 11.4. The molecule has 8 rings (SSSR count). The van der Waals surface area contributed by atoms with Crippen LogP contribution in [0.1, 0.15) is 47.1 Å². The summed E-state index contributed by atoms with van der Waals surface area (Å²) in [5.74, 6) is 0.0478. The van der Waals surface area contributed by atoms with Gasteiger partial charge >= 0.3 is 5.97 Å². The van der Waals surface area contributed by atoms with E-state index in [9.17, 15) is 20.3 Å². The third-order valence-corrected chi connectivity index (χ3v) is 10.7. The Kier molecular flexibility index (Phi) is 9.41. The van der Waals surface area contributed by atoms with E-state index in [0.29, 0.717) is 85.0 Å². The minimum atomic E-state index is -0.735. The number of anilines is 3. The molecule has 2 saturated heterocycles. The largest absolute Gasteiger partial charge is 0.481 e. The van der Waals surface area contributed by atoms with Crippen LogP contribution >= 0.6 is 0 Å². The molecule has 1 unspecified atom stereocenters. The Hall–Kier alpha value is -5.94. The molecule has 0 radical (unpaired) electrons. The van der Waals surface area contributed by atoms with Gasteiger partial charge < -0.3 is 25.7 Å². The van der Waals surface area contributed by atoms with E-state index in [0.717, 1.165) is 57.6 Å². The number of hydrogen-bond donors (Lipinski definition) is 4. The van der Waals surface area contributed by atoms with Crippen molar-refractivity contribution < 1.29 is 19.4 Å². The molecule has 54 heavy (non-hydrogen) atoms. The van der Waals surface area contributed by atoms with E-state index in [1.54, 1.807) is 0 Å². The molecular formula is C41H41N9O4. The average Bonchev–Trinajstić information content (AvgIpc) is 3.78. The SMILES string of the molecule is Cc1c(Nc2nc(N)nc3cc(CN4CCC(O)C4)cnc23)cccc1-c1cccc(-c2nc3cc(CN4CCC(C(=O)O)CC4)cc(C#N)c3o2)c1C.